The maximum Gasteiger partial charge on any atom is 0.0336 e. The van der Waals surface area contributed by atoms with Crippen molar-refractivity contribution >= 4 is 11.8 Å². The van der Waals surface area contributed by atoms with Gasteiger partial charge >= 0.3 is 0 Å². The molecule has 2 saturated heterocycles. The van der Waals surface area contributed by atoms with E-state index in [0.29, 0.717) is 0 Å². The predicted molar refractivity (Wildman–Crippen MR) is 54.8 cm³/mol. The molecule has 0 aliphatic carbocycles. The Hall–Kier alpha value is 0.270. The molecule has 0 amide bonds. The molecule has 2 unspecified atom stereocenters. The minimum atomic E-state index is 0.797. The van der Waals surface area contributed by atoms with Crippen LogP contribution in [0.15, 0.2) is 0 Å². The van der Waals surface area contributed by atoms with Crippen molar-refractivity contribution in [3.8, 4) is 0 Å². The highest BCUT2D eigenvalue weighted by Crippen LogP contribution is 2.30. The second-order valence-electron chi connectivity index (χ2n) is 3.80. The van der Waals surface area contributed by atoms with Crippen molar-refractivity contribution in [2.24, 2.45) is 0 Å². The number of nitrogens with one attached hydrogen (secondary N) is 1. The normalized spacial score (nSPS) is 38.8. The summed E-state index contributed by atoms with van der Waals surface area (Å²) < 4.78 is 0. The zero-order valence-electron chi connectivity index (χ0n) is 7.75. The average molecular weight is 186 g/mol. The first kappa shape index (κ1) is 8.85. The van der Waals surface area contributed by atoms with Crippen LogP contribution in [-0.2, 0) is 0 Å². The van der Waals surface area contributed by atoms with Crippen molar-refractivity contribution in [3.63, 3.8) is 0 Å². The molecule has 0 radical (unpaired) electrons. The fourth-order valence-electron chi connectivity index (χ4n) is 2.15. The topological polar surface area (TPSA) is 15.3 Å². The second-order valence-corrected chi connectivity index (χ2v) is 5.15. The van der Waals surface area contributed by atoms with Gasteiger partial charge in [0, 0.05) is 30.9 Å². The van der Waals surface area contributed by atoms with Gasteiger partial charge in [-0.05, 0) is 25.6 Å². The standard InChI is InChI=1S/C9H18N2S/c1-11-5-4-10-7-8(11)9-3-2-6-12-9/h8-10H,2-7H2,1H3. The molecule has 2 nitrogen and oxygen atoms in total. The molecule has 2 heterocycles. The van der Waals surface area contributed by atoms with E-state index in [1.807, 2.05) is 0 Å². The largest absolute Gasteiger partial charge is 0.314 e. The fraction of sp³-hybridized carbons (Fsp3) is 1.00. The van der Waals surface area contributed by atoms with Gasteiger partial charge in [0.25, 0.3) is 0 Å². The summed E-state index contributed by atoms with van der Waals surface area (Å²) in [5, 5.41) is 4.39. The third-order valence-electron chi connectivity index (χ3n) is 2.95. The summed E-state index contributed by atoms with van der Waals surface area (Å²) in [7, 11) is 2.27. The van der Waals surface area contributed by atoms with Crippen LogP contribution in [0.4, 0.5) is 0 Å². The molecule has 1 N–H and O–H groups in total. The molecule has 12 heavy (non-hydrogen) atoms. The average Bonchev–Trinajstić information content (AvgIpc) is 2.57. The maximum absolute atomic E-state index is 3.49. The van der Waals surface area contributed by atoms with Crippen molar-refractivity contribution in [3.05, 3.63) is 0 Å². The van der Waals surface area contributed by atoms with Crippen LogP contribution in [0.25, 0.3) is 0 Å². The summed E-state index contributed by atoms with van der Waals surface area (Å²) in [5.74, 6) is 1.38. The Morgan fingerprint density at radius 3 is 3.08 bits per heavy atom. The van der Waals surface area contributed by atoms with Crippen LogP contribution in [0.1, 0.15) is 12.8 Å². The first-order chi connectivity index (χ1) is 5.88. The summed E-state index contributed by atoms with van der Waals surface area (Å²) in [4.78, 5) is 2.53. The van der Waals surface area contributed by atoms with Gasteiger partial charge in [-0.25, -0.2) is 0 Å². The molecule has 2 aliphatic heterocycles. The third kappa shape index (κ3) is 1.78. The van der Waals surface area contributed by atoms with Gasteiger partial charge in [-0.2, -0.15) is 11.8 Å². The van der Waals surface area contributed by atoms with E-state index in [9.17, 15) is 0 Å². The Kier molecular flexibility index (Phi) is 2.94. The molecular weight excluding hydrogens is 168 g/mol. The van der Waals surface area contributed by atoms with Crippen LogP contribution < -0.4 is 5.32 Å². The van der Waals surface area contributed by atoms with E-state index < -0.39 is 0 Å². The number of hydrogen-bond acceptors (Lipinski definition) is 3. The van der Waals surface area contributed by atoms with Gasteiger partial charge < -0.3 is 5.32 Å². The SMILES string of the molecule is CN1CCNCC1C1CCCS1. The van der Waals surface area contributed by atoms with E-state index >= 15 is 0 Å². The van der Waals surface area contributed by atoms with Gasteiger partial charge in [0.05, 0.1) is 0 Å². The Labute approximate surface area is 79.1 Å². The van der Waals surface area contributed by atoms with Crippen LogP contribution in [-0.4, -0.2) is 48.6 Å². The molecular formula is C9H18N2S. The van der Waals surface area contributed by atoms with E-state index in [1.165, 1.54) is 38.2 Å². The van der Waals surface area contributed by atoms with Crippen LogP contribution in [0.2, 0.25) is 0 Å². The molecule has 2 fully saturated rings. The molecule has 3 heteroatoms. The first-order valence-electron chi connectivity index (χ1n) is 4.90. The van der Waals surface area contributed by atoms with E-state index in [1.54, 1.807) is 0 Å². The molecule has 2 rings (SSSR count). The van der Waals surface area contributed by atoms with Crippen LogP contribution in [0.5, 0.6) is 0 Å². The summed E-state index contributed by atoms with van der Waals surface area (Å²) in [6.07, 6.45) is 2.86. The van der Waals surface area contributed by atoms with Gasteiger partial charge in [0.15, 0.2) is 0 Å². The first-order valence-corrected chi connectivity index (χ1v) is 5.95. The maximum atomic E-state index is 3.49. The second kappa shape index (κ2) is 3.99. The lowest BCUT2D eigenvalue weighted by Crippen LogP contribution is -2.53. The molecule has 0 aromatic heterocycles. The Bertz CT molecular complexity index is 145. The lowest BCUT2D eigenvalue weighted by molar-refractivity contribution is 0.195. The van der Waals surface area contributed by atoms with Gasteiger partial charge in [-0.1, -0.05) is 0 Å². The van der Waals surface area contributed by atoms with Crippen LogP contribution >= 0.6 is 11.8 Å². The summed E-state index contributed by atoms with van der Waals surface area (Å²) >= 11 is 2.17. The highest BCUT2D eigenvalue weighted by molar-refractivity contribution is 8.00. The molecule has 70 valence electrons. The van der Waals surface area contributed by atoms with Crippen molar-refractivity contribution in [1.82, 2.24) is 10.2 Å². The van der Waals surface area contributed by atoms with Crippen molar-refractivity contribution in [2.45, 2.75) is 24.1 Å². The van der Waals surface area contributed by atoms with Crippen molar-refractivity contribution in [2.75, 3.05) is 32.4 Å². The summed E-state index contributed by atoms with van der Waals surface area (Å²) in [5.41, 5.74) is 0. The third-order valence-corrected chi connectivity index (χ3v) is 4.46. The Morgan fingerprint density at radius 2 is 2.42 bits per heavy atom. The fourth-order valence-corrected chi connectivity index (χ4v) is 3.64. The zero-order chi connectivity index (χ0) is 8.39. The number of thioether (sulfide) groups is 1. The van der Waals surface area contributed by atoms with E-state index in [-0.39, 0.29) is 0 Å². The minimum absolute atomic E-state index is 0.797. The number of hydrogen-bond donors (Lipinski definition) is 1. The molecule has 0 aromatic rings. The highest BCUT2D eigenvalue weighted by atomic mass is 32.2. The number of likely N-dealkylation sites (N-methyl/N-ethyl adjacent to an activating group) is 1. The smallest absolute Gasteiger partial charge is 0.0336 e. The lowest BCUT2D eigenvalue weighted by Gasteiger charge is -2.36. The van der Waals surface area contributed by atoms with Gasteiger partial charge in [0.1, 0.15) is 0 Å². The molecule has 0 spiro atoms. The number of piperazine rings is 1. The monoisotopic (exact) mass is 186 g/mol. The van der Waals surface area contributed by atoms with Gasteiger partial charge in [-0.15, -0.1) is 0 Å². The summed E-state index contributed by atoms with van der Waals surface area (Å²) in [6, 6.07) is 0.797. The zero-order valence-corrected chi connectivity index (χ0v) is 8.57. The van der Waals surface area contributed by atoms with Gasteiger partial charge in [0.2, 0.25) is 0 Å². The highest BCUT2D eigenvalue weighted by Gasteiger charge is 2.29. The van der Waals surface area contributed by atoms with Crippen LogP contribution in [0, 0.1) is 0 Å². The van der Waals surface area contributed by atoms with Gasteiger partial charge in [-0.3, -0.25) is 4.90 Å². The van der Waals surface area contributed by atoms with Crippen molar-refractivity contribution in [1.29, 1.82) is 0 Å². The van der Waals surface area contributed by atoms with E-state index in [0.717, 1.165) is 11.3 Å². The predicted octanol–water partition coefficient (Wildman–Crippen LogP) is 0.786. The van der Waals surface area contributed by atoms with E-state index in [2.05, 4.69) is 29.0 Å². The molecule has 0 aromatic carbocycles. The summed E-state index contributed by atoms with van der Waals surface area (Å²) in [6.45, 7) is 3.60. The molecule has 2 atom stereocenters. The quantitative estimate of drug-likeness (QED) is 0.652. The van der Waals surface area contributed by atoms with E-state index in [4.69, 9.17) is 0 Å². The van der Waals surface area contributed by atoms with Crippen LogP contribution in [0.3, 0.4) is 0 Å². The lowest BCUT2D eigenvalue weighted by atomic mass is 10.1. The van der Waals surface area contributed by atoms with Crippen molar-refractivity contribution < 1.29 is 0 Å². The molecule has 0 saturated carbocycles. The molecule has 2 aliphatic rings. The Balaban J connectivity index is 1.91. The molecule has 0 bridgehead atoms. The minimum Gasteiger partial charge on any atom is -0.314 e. The number of rotatable bonds is 1. The Morgan fingerprint density at radius 1 is 1.50 bits per heavy atom. The number of nitrogens with zero attached hydrogens (tertiary/aromatic N) is 1.